The predicted octanol–water partition coefficient (Wildman–Crippen LogP) is 4.71. The van der Waals surface area contributed by atoms with Crippen LogP contribution >= 0.6 is 11.6 Å². The number of nitrogens with zero attached hydrogens (tertiary/aromatic N) is 1. The summed E-state index contributed by atoms with van der Waals surface area (Å²) in [5.41, 5.74) is 5.87. The van der Waals surface area contributed by atoms with Crippen LogP contribution in [-0.4, -0.2) is 18.0 Å². The van der Waals surface area contributed by atoms with Gasteiger partial charge in [0.05, 0.1) is 16.9 Å². The van der Waals surface area contributed by atoms with Gasteiger partial charge in [-0.15, -0.1) is 0 Å². The van der Waals surface area contributed by atoms with Gasteiger partial charge in [-0.25, -0.2) is 5.43 Å². The topological polar surface area (TPSA) is 79.8 Å². The number of para-hydroxylation sites is 1. The summed E-state index contributed by atoms with van der Waals surface area (Å²) < 4.78 is 5.76. The number of hydrogen-bond acceptors (Lipinski definition) is 4. The van der Waals surface area contributed by atoms with Crippen molar-refractivity contribution in [1.29, 1.82) is 0 Å². The molecule has 6 nitrogen and oxygen atoms in total. The maximum Gasteiger partial charge on any atom is 0.249 e. The van der Waals surface area contributed by atoms with Crippen LogP contribution in [0.5, 0.6) is 5.75 Å². The maximum absolute atomic E-state index is 11.9. The first kappa shape index (κ1) is 22.1. The number of benzene rings is 3. The van der Waals surface area contributed by atoms with Gasteiger partial charge in [0.1, 0.15) is 18.8 Å². The van der Waals surface area contributed by atoms with E-state index in [2.05, 4.69) is 15.8 Å². The van der Waals surface area contributed by atoms with Gasteiger partial charge in [-0.05, 0) is 54.4 Å². The van der Waals surface area contributed by atoms with E-state index in [1.165, 1.54) is 11.8 Å². The molecule has 0 bridgehead atoms. The molecule has 2 amide bonds. The minimum atomic E-state index is -0.529. The second-order valence-corrected chi connectivity index (χ2v) is 7.25. The minimum absolute atomic E-state index is 0.367. The number of halogens is 1. The Morgan fingerprint density at radius 2 is 1.68 bits per heavy atom. The Morgan fingerprint density at radius 1 is 0.968 bits per heavy atom. The highest BCUT2D eigenvalue weighted by Gasteiger charge is 2.10. The van der Waals surface area contributed by atoms with E-state index in [-0.39, 0.29) is 6.42 Å². The number of ether oxygens (including phenoxy) is 1. The first-order valence-electron chi connectivity index (χ1n) is 9.64. The summed E-state index contributed by atoms with van der Waals surface area (Å²) in [6.07, 6.45) is 1.13. The lowest BCUT2D eigenvalue weighted by Crippen LogP contribution is -2.24. The molecule has 158 valence electrons. The first-order chi connectivity index (χ1) is 15.0. The van der Waals surface area contributed by atoms with Crippen LogP contribution in [0.4, 0.5) is 5.69 Å². The van der Waals surface area contributed by atoms with Crippen LogP contribution in [0.1, 0.15) is 23.1 Å². The van der Waals surface area contributed by atoms with E-state index in [1.54, 1.807) is 24.3 Å². The van der Waals surface area contributed by atoms with Crippen LogP contribution in [0, 0.1) is 6.92 Å². The van der Waals surface area contributed by atoms with Gasteiger partial charge in [0.25, 0.3) is 0 Å². The Bertz CT molecular complexity index is 1060. The summed E-state index contributed by atoms with van der Waals surface area (Å²) >= 11 is 5.98. The van der Waals surface area contributed by atoms with Crippen LogP contribution in [0.25, 0.3) is 0 Å². The molecule has 3 aromatic rings. The zero-order chi connectivity index (χ0) is 22.1. The van der Waals surface area contributed by atoms with Gasteiger partial charge in [0.15, 0.2) is 0 Å². The molecule has 0 atom stereocenters. The molecule has 0 unspecified atom stereocenters. The van der Waals surface area contributed by atoms with Gasteiger partial charge in [-0.2, -0.15) is 5.10 Å². The zero-order valence-electron chi connectivity index (χ0n) is 17.0. The van der Waals surface area contributed by atoms with E-state index in [4.69, 9.17) is 16.3 Å². The number of amides is 2. The summed E-state index contributed by atoms with van der Waals surface area (Å²) in [6.45, 7) is 2.53. The molecule has 0 heterocycles. The number of carbonyl (C=O) groups is 2. The summed E-state index contributed by atoms with van der Waals surface area (Å²) in [7, 11) is 0. The molecule has 0 aliphatic carbocycles. The number of nitrogens with one attached hydrogen (secondary N) is 2. The summed E-state index contributed by atoms with van der Waals surface area (Å²) in [4.78, 5) is 23.8. The molecule has 0 spiro atoms. The molecule has 3 aromatic carbocycles. The van der Waals surface area contributed by atoms with E-state index in [9.17, 15) is 9.59 Å². The van der Waals surface area contributed by atoms with Gasteiger partial charge in [-0.1, -0.05) is 53.6 Å². The fraction of sp³-hybridized carbons (Fsp3) is 0.125. The van der Waals surface area contributed by atoms with Crippen molar-refractivity contribution in [1.82, 2.24) is 5.43 Å². The van der Waals surface area contributed by atoms with Crippen molar-refractivity contribution in [3.8, 4) is 5.75 Å². The average molecular weight is 436 g/mol. The third kappa shape index (κ3) is 7.28. The van der Waals surface area contributed by atoms with Crippen molar-refractivity contribution in [3.05, 3.63) is 94.5 Å². The summed E-state index contributed by atoms with van der Waals surface area (Å²) in [5.74, 6) is -0.271. The van der Waals surface area contributed by atoms with Crippen molar-refractivity contribution in [2.24, 2.45) is 5.10 Å². The third-order valence-corrected chi connectivity index (χ3v) is 4.61. The third-order valence-electron chi connectivity index (χ3n) is 4.28. The van der Waals surface area contributed by atoms with Crippen molar-refractivity contribution >= 4 is 35.3 Å². The lowest BCUT2D eigenvalue weighted by Gasteiger charge is -2.07. The second kappa shape index (κ2) is 10.9. The van der Waals surface area contributed by atoms with Crippen LogP contribution in [0.15, 0.2) is 77.9 Å². The van der Waals surface area contributed by atoms with Crippen LogP contribution < -0.4 is 15.5 Å². The van der Waals surface area contributed by atoms with Crippen LogP contribution in [-0.2, 0) is 16.2 Å². The fourth-order valence-electron chi connectivity index (χ4n) is 2.62. The molecule has 0 fully saturated rings. The largest absolute Gasteiger partial charge is 0.489 e. The lowest BCUT2D eigenvalue weighted by molar-refractivity contribution is -0.126. The molecular formula is C24H22ClN3O3. The van der Waals surface area contributed by atoms with Gasteiger partial charge in [-0.3, -0.25) is 9.59 Å². The molecule has 0 radical (unpaired) electrons. The molecule has 0 aromatic heterocycles. The second-order valence-electron chi connectivity index (χ2n) is 6.84. The van der Waals surface area contributed by atoms with E-state index < -0.39 is 11.8 Å². The number of hydrogen-bond donors (Lipinski definition) is 2. The summed E-state index contributed by atoms with van der Waals surface area (Å²) in [6, 6.07) is 22.3. The highest BCUT2D eigenvalue weighted by molar-refractivity contribution is 6.33. The molecular weight excluding hydrogens is 414 g/mol. The fourth-order valence-corrected chi connectivity index (χ4v) is 2.81. The zero-order valence-corrected chi connectivity index (χ0v) is 17.7. The molecule has 3 rings (SSSR count). The van der Waals surface area contributed by atoms with Crippen molar-refractivity contribution < 1.29 is 14.3 Å². The molecule has 0 aliphatic rings. The Labute approximate surface area is 185 Å². The Morgan fingerprint density at radius 3 is 2.39 bits per heavy atom. The van der Waals surface area contributed by atoms with E-state index >= 15 is 0 Å². The van der Waals surface area contributed by atoms with Crippen LogP contribution in [0.3, 0.4) is 0 Å². The van der Waals surface area contributed by atoms with Gasteiger partial charge in [0.2, 0.25) is 11.8 Å². The number of anilines is 1. The number of hydrazone groups is 1. The number of aryl methyl sites for hydroxylation is 1. The normalized spacial score (nSPS) is 10.6. The number of carbonyl (C=O) groups excluding carboxylic acids is 2. The molecule has 7 heteroatoms. The predicted molar refractivity (Wildman–Crippen MR) is 122 cm³/mol. The first-order valence-corrected chi connectivity index (χ1v) is 10.0. The van der Waals surface area contributed by atoms with Crippen molar-refractivity contribution in [2.45, 2.75) is 20.0 Å². The van der Waals surface area contributed by atoms with E-state index in [1.807, 2.05) is 55.5 Å². The summed E-state index contributed by atoms with van der Waals surface area (Å²) in [5, 5.41) is 6.87. The average Bonchev–Trinajstić information content (AvgIpc) is 2.76. The van der Waals surface area contributed by atoms with Crippen molar-refractivity contribution in [2.75, 3.05) is 5.32 Å². The van der Waals surface area contributed by atoms with Crippen LogP contribution in [0.2, 0.25) is 5.02 Å². The van der Waals surface area contributed by atoms with E-state index in [0.29, 0.717) is 17.3 Å². The maximum atomic E-state index is 11.9. The Balaban J connectivity index is 1.42. The Kier molecular flexibility index (Phi) is 7.79. The SMILES string of the molecule is Cc1ccc(COc2ccc(C=NNC(=O)CC(=O)Nc3ccccc3Cl)cc2)cc1. The van der Waals surface area contributed by atoms with Gasteiger partial charge < -0.3 is 10.1 Å². The standard InChI is InChI=1S/C24H22ClN3O3/c1-17-6-8-19(9-7-17)16-31-20-12-10-18(11-13-20)15-26-28-24(30)14-23(29)27-22-5-3-2-4-21(22)25/h2-13,15H,14,16H2,1H3,(H,27,29)(H,28,30). The monoisotopic (exact) mass is 435 g/mol. The lowest BCUT2D eigenvalue weighted by atomic mass is 10.2. The highest BCUT2D eigenvalue weighted by Crippen LogP contribution is 2.20. The smallest absolute Gasteiger partial charge is 0.249 e. The van der Waals surface area contributed by atoms with Gasteiger partial charge >= 0.3 is 0 Å². The molecule has 0 saturated carbocycles. The van der Waals surface area contributed by atoms with E-state index in [0.717, 1.165) is 16.9 Å². The number of rotatable bonds is 8. The molecule has 31 heavy (non-hydrogen) atoms. The van der Waals surface area contributed by atoms with Gasteiger partial charge in [0, 0.05) is 0 Å². The minimum Gasteiger partial charge on any atom is -0.489 e. The van der Waals surface area contributed by atoms with Crippen molar-refractivity contribution in [3.63, 3.8) is 0 Å². The Hall–Kier alpha value is -3.64. The molecule has 0 aliphatic heterocycles. The molecule has 2 N–H and O–H groups in total. The molecule has 0 saturated heterocycles. The quantitative estimate of drug-likeness (QED) is 0.305. The highest BCUT2D eigenvalue weighted by atomic mass is 35.5.